The van der Waals surface area contributed by atoms with Crippen LogP contribution >= 0.6 is 0 Å². The van der Waals surface area contributed by atoms with Gasteiger partial charge in [0.25, 0.3) is 0 Å². The molecule has 0 radical (unpaired) electrons. The van der Waals surface area contributed by atoms with Gasteiger partial charge >= 0.3 is 0 Å². The maximum Gasteiger partial charge on any atom is 0.227 e. The third-order valence-corrected chi connectivity index (χ3v) is 4.91. The molecule has 1 aromatic carbocycles. The van der Waals surface area contributed by atoms with E-state index in [2.05, 4.69) is 25.6 Å². The number of aliphatic hydroxyl groups is 1. The standard InChI is InChI=1S/C20H23N7O2/c1-20(2,19(29)22-7-8-28)11-27-10-14-17(26-27)13-4-3-12(15-5-6-23-25-15)9-16(13)24-18(14)21/h3-6,9-10,28H,7-8,11H2,1-2H3,(H2,21,24)(H,22,29)(H,23,25). The number of anilines is 1. The highest BCUT2D eigenvalue weighted by atomic mass is 16.3. The van der Waals surface area contributed by atoms with Crippen molar-refractivity contribution in [3.05, 3.63) is 36.7 Å². The molecule has 0 fully saturated rings. The van der Waals surface area contributed by atoms with Crippen molar-refractivity contribution in [2.24, 2.45) is 5.41 Å². The Morgan fingerprint density at radius 1 is 1.31 bits per heavy atom. The molecular formula is C20H23N7O2. The number of hydrogen-bond acceptors (Lipinski definition) is 6. The van der Waals surface area contributed by atoms with Crippen molar-refractivity contribution in [3.8, 4) is 11.3 Å². The smallest absolute Gasteiger partial charge is 0.227 e. The van der Waals surface area contributed by atoms with Crippen LogP contribution in [0.4, 0.5) is 5.82 Å². The Kier molecular flexibility index (Phi) is 4.67. The molecule has 1 amide bonds. The average molecular weight is 393 g/mol. The van der Waals surface area contributed by atoms with Gasteiger partial charge in [0.1, 0.15) is 11.3 Å². The predicted molar refractivity (Wildman–Crippen MR) is 111 cm³/mol. The lowest BCUT2D eigenvalue weighted by Gasteiger charge is -2.23. The van der Waals surface area contributed by atoms with Crippen LogP contribution in [0.5, 0.6) is 0 Å². The molecule has 0 atom stereocenters. The monoisotopic (exact) mass is 393 g/mol. The van der Waals surface area contributed by atoms with E-state index in [4.69, 9.17) is 10.8 Å². The highest BCUT2D eigenvalue weighted by molar-refractivity contribution is 6.08. The van der Waals surface area contributed by atoms with Crippen molar-refractivity contribution in [1.82, 2.24) is 30.3 Å². The van der Waals surface area contributed by atoms with Gasteiger partial charge in [-0.05, 0) is 32.0 Å². The van der Waals surface area contributed by atoms with Crippen molar-refractivity contribution in [1.29, 1.82) is 0 Å². The molecule has 0 unspecified atom stereocenters. The number of amides is 1. The number of carbonyl (C=O) groups is 1. The van der Waals surface area contributed by atoms with E-state index in [0.717, 1.165) is 33.1 Å². The van der Waals surface area contributed by atoms with E-state index < -0.39 is 5.41 Å². The molecule has 0 aliphatic rings. The van der Waals surface area contributed by atoms with Gasteiger partial charge in [-0.2, -0.15) is 10.2 Å². The Morgan fingerprint density at radius 3 is 2.86 bits per heavy atom. The maximum absolute atomic E-state index is 12.4. The number of rotatable bonds is 6. The number of nitrogens with one attached hydrogen (secondary N) is 2. The molecule has 9 nitrogen and oxygen atoms in total. The summed E-state index contributed by atoms with van der Waals surface area (Å²) >= 11 is 0. The molecular weight excluding hydrogens is 370 g/mol. The van der Waals surface area contributed by atoms with E-state index >= 15 is 0 Å². The van der Waals surface area contributed by atoms with Gasteiger partial charge in [0, 0.05) is 29.9 Å². The molecule has 0 aliphatic heterocycles. The molecule has 3 heterocycles. The number of H-pyrrole nitrogens is 1. The van der Waals surface area contributed by atoms with Crippen molar-refractivity contribution >= 4 is 33.5 Å². The highest BCUT2D eigenvalue weighted by Crippen LogP contribution is 2.30. The normalized spacial score (nSPS) is 12.0. The van der Waals surface area contributed by atoms with Crippen LogP contribution in [0.15, 0.2) is 36.7 Å². The van der Waals surface area contributed by atoms with E-state index in [0.29, 0.717) is 12.4 Å². The summed E-state index contributed by atoms with van der Waals surface area (Å²) in [6, 6.07) is 7.79. The van der Waals surface area contributed by atoms with Crippen molar-refractivity contribution in [2.45, 2.75) is 20.4 Å². The minimum Gasteiger partial charge on any atom is -0.395 e. The number of nitrogens with two attached hydrogens (primary N) is 1. The fourth-order valence-electron chi connectivity index (χ4n) is 3.37. The van der Waals surface area contributed by atoms with Gasteiger partial charge in [0.2, 0.25) is 5.91 Å². The van der Waals surface area contributed by atoms with Crippen molar-refractivity contribution in [2.75, 3.05) is 18.9 Å². The molecule has 9 heteroatoms. The SMILES string of the molecule is CC(C)(Cn1cc2c(N)nc3cc(-c4ccn[nH]4)ccc3c2n1)C(=O)NCCO. The van der Waals surface area contributed by atoms with Crippen LogP contribution in [0.25, 0.3) is 33.1 Å². The Balaban J connectivity index is 1.72. The molecule has 0 aliphatic carbocycles. The third-order valence-electron chi connectivity index (χ3n) is 4.91. The summed E-state index contributed by atoms with van der Waals surface area (Å²) < 4.78 is 1.73. The zero-order valence-corrected chi connectivity index (χ0v) is 16.3. The number of hydrogen-bond donors (Lipinski definition) is 4. The van der Waals surface area contributed by atoms with E-state index in [9.17, 15) is 4.79 Å². The Morgan fingerprint density at radius 2 is 2.14 bits per heavy atom. The lowest BCUT2D eigenvalue weighted by Crippen LogP contribution is -2.40. The van der Waals surface area contributed by atoms with Crippen molar-refractivity contribution < 1.29 is 9.90 Å². The molecule has 150 valence electrons. The van der Waals surface area contributed by atoms with Crippen LogP contribution in [-0.2, 0) is 11.3 Å². The van der Waals surface area contributed by atoms with Gasteiger partial charge in [0.05, 0.1) is 35.2 Å². The lowest BCUT2D eigenvalue weighted by atomic mass is 9.92. The van der Waals surface area contributed by atoms with Crippen LogP contribution in [-0.4, -0.2) is 49.1 Å². The van der Waals surface area contributed by atoms with Crippen LogP contribution < -0.4 is 11.1 Å². The molecule has 0 saturated heterocycles. The summed E-state index contributed by atoms with van der Waals surface area (Å²) in [6.07, 6.45) is 3.52. The number of aromatic nitrogens is 5. The first kappa shape index (κ1) is 18.9. The van der Waals surface area contributed by atoms with Gasteiger partial charge in [-0.3, -0.25) is 14.6 Å². The van der Waals surface area contributed by atoms with Gasteiger partial charge in [-0.1, -0.05) is 6.07 Å². The Labute approximate surface area is 166 Å². The molecule has 5 N–H and O–H groups in total. The zero-order valence-electron chi connectivity index (χ0n) is 16.3. The van der Waals surface area contributed by atoms with Crippen LogP contribution in [0, 0.1) is 5.41 Å². The number of carbonyl (C=O) groups excluding carboxylic acids is 1. The van der Waals surface area contributed by atoms with Gasteiger partial charge in [-0.15, -0.1) is 0 Å². The average Bonchev–Trinajstić information content (AvgIpc) is 3.35. The first-order chi connectivity index (χ1) is 13.9. The van der Waals surface area contributed by atoms with Crippen molar-refractivity contribution in [3.63, 3.8) is 0 Å². The highest BCUT2D eigenvalue weighted by Gasteiger charge is 2.28. The maximum atomic E-state index is 12.4. The fourth-order valence-corrected chi connectivity index (χ4v) is 3.37. The first-order valence-electron chi connectivity index (χ1n) is 9.34. The fraction of sp³-hybridized carbons (Fsp3) is 0.300. The van der Waals surface area contributed by atoms with E-state index in [1.54, 1.807) is 10.9 Å². The number of benzene rings is 1. The van der Waals surface area contributed by atoms with Gasteiger partial charge < -0.3 is 16.2 Å². The molecule has 3 aromatic heterocycles. The minimum atomic E-state index is -0.705. The third kappa shape index (κ3) is 3.52. The summed E-state index contributed by atoms with van der Waals surface area (Å²) in [7, 11) is 0. The predicted octanol–water partition coefficient (Wildman–Crippen LogP) is 1.69. The quantitative estimate of drug-likeness (QED) is 0.394. The summed E-state index contributed by atoms with van der Waals surface area (Å²) in [5.74, 6) is 0.245. The number of nitrogens with zero attached hydrogens (tertiary/aromatic N) is 4. The number of nitrogen functional groups attached to an aromatic ring is 1. The second kappa shape index (κ2) is 7.17. The van der Waals surface area contributed by atoms with E-state index in [1.807, 2.05) is 44.3 Å². The van der Waals surface area contributed by atoms with E-state index in [-0.39, 0.29) is 19.1 Å². The summed E-state index contributed by atoms with van der Waals surface area (Å²) in [4.78, 5) is 16.9. The van der Waals surface area contributed by atoms with Crippen LogP contribution in [0.1, 0.15) is 13.8 Å². The molecule has 29 heavy (non-hydrogen) atoms. The minimum absolute atomic E-state index is 0.0950. The number of aliphatic hydroxyl groups excluding tert-OH is 1. The molecule has 0 bridgehead atoms. The number of pyridine rings is 1. The topological polar surface area (TPSA) is 135 Å². The zero-order chi connectivity index (χ0) is 20.6. The van der Waals surface area contributed by atoms with Crippen LogP contribution in [0.2, 0.25) is 0 Å². The number of aromatic amines is 1. The molecule has 4 aromatic rings. The van der Waals surface area contributed by atoms with Gasteiger partial charge in [0.15, 0.2) is 0 Å². The molecule has 0 saturated carbocycles. The number of fused-ring (bicyclic) bond motifs is 3. The second-order valence-corrected chi connectivity index (χ2v) is 7.65. The summed E-state index contributed by atoms with van der Waals surface area (Å²) in [5, 5.41) is 24.9. The summed E-state index contributed by atoms with van der Waals surface area (Å²) in [5.41, 5.74) is 8.84. The van der Waals surface area contributed by atoms with Crippen LogP contribution in [0.3, 0.4) is 0 Å². The second-order valence-electron chi connectivity index (χ2n) is 7.65. The molecule has 4 rings (SSSR count). The largest absolute Gasteiger partial charge is 0.395 e. The van der Waals surface area contributed by atoms with Gasteiger partial charge in [-0.25, -0.2) is 4.98 Å². The van der Waals surface area contributed by atoms with E-state index in [1.165, 1.54) is 0 Å². The Bertz CT molecular complexity index is 1180. The Hall–Kier alpha value is -3.46. The summed E-state index contributed by atoms with van der Waals surface area (Å²) in [6.45, 7) is 4.17. The first-order valence-corrected chi connectivity index (χ1v) is 9.34. The molecule has 0 spiro atoms. The lowest BCUT2D eigenvalue weighted by molar-refractivity contribution is -0.130.